The van der Waals surface area contributed by atoms with Crippen molar-refractivity contribution in [1.82, 2.24) is 9.97 Å². The minimum Gasteiger partial charge on any atom is -0.390 e. The molecule has 140 valence electrons. The molecule has 0 radical (unpaired) electrons. The molecule has 4 nitrogen and oxygen atoms in total. The summed E-state index contributed by atoms with van der Waals surface area (Å²) in [5.74, 6) is 0. The van der Waals surface area contributed by atoms with Crippen molar-refractivity contribution >= 4 is 17.3 Å². The summed E-state index contributed by atoms with van der Waals surface area (Å²) in [6.45, 7) is 1.81. The highest BCUT2D eigenvalue weighted by atomic mass is 35.5. The van der Waals surface area contributed by atoms with Gasteiger partial charge in [0.25, 0.3) is 0 Å². The first-order valence-corrected chi connectivity index (χ1v) is 8.71. The average molecular weight is 386 g/mol. The van der Waals surface area contributed by atoms with Gasteiger partial charge >= 0.3 is 6.18 Å². The molecule has 26 heavy (non-hydrogen) atoms. The number of aliphatic hydroxyl groups is 1. The molecule has 8 heteroatoms. The summed E-state index contributed by atoms with van der Waals surface area (Å²) in [5.41, 5.74) is -0.403. The van der Waals surface area contributed by atoms with E-state index >= 15 is 0 Å². The van der Waals surface area contributed by atoms with Crippen molar-refractivity contribution in [2.45, 2.75) is 50.4 Å². The molecule has 3 rings (SSSR count). The summed E-state index contributed by atoms with van der Waals surface area (Å²) in [6.07, 6.45) is -0.281. The number of halogens is 4. The minimum atomic E-state index is -4.52. The molecule has 0 spiro atoms. The second-order valence-electron chi connectivity index (χ2n) is 6.87. The first-order valence-electron chi connectivity index (χ1n) is 8.33. The van der Waals surface area contributed by atoms with Crippen LogP contribution in [0.5, 0.6) is 0 Å². The Kier molecular flexibility index (Phi) is 5.12. The average Bonchev–Trinajstić information content (AvgIpc) is 2.56. The van der Waals surface area contributed by atoms with E-state index in [2.05, 4.69) is 15.3 Å². The summed E-state index contributed by atoms with van der Waals surface area (Å²) in [6, 6.07) is 5.45. The van der Waals surface area contributed by atoms with Crippen molar-refractivity contribution < 1.29 is 18.3 Å². The molecule has 2 N–H and O–H groups in total. The zero-order valence-corrected chi connectivity index (χ0v) is 14.9. The normalized spacial score (nSPS) is 23.7. The van der Waals surface area contributed by atoms with Crippen LogP contribution >= 0.6 is 11.6 Å². The second-order valence-corrected chi connectivity index (χ2v) is 7.26. The molecule has 0 unspecified atom stereocenters. The molecule has 0 atom stereocenters. The quantitative estimate of drug-likeness (QED) is 0.736. The van der Waals surface area contributed by atoms with Crippen LogP contribution in [0.2, 0.25) is 5.15 Å². The van der Waals surface area contributed by atoms with E-state index in [-0.39, 0.29) is 16.9 Å². The molecule has 1 saturated carbocycles. The van der Waals surface area contributed by atoms with Crippen LogP contribution < -0.4 is 5.32 Å². The van der Waals surface area contributed by atoms with Gasteiger partial charge in [-0.25, -0.2) is 9.97 Å². The van der Waals surface area contributed by atoms with Crippen molar-refractivity contribution in [3.05, 3.63) is 41.3 Å². The Morgan fingerprint density at radius 1 is 1.27 bits per heavy atom. The van der Waals surface area contributed by atoms with E-state index in [1.807, 2.05) is 6.92 Å². The number of nitrogens with zero attached hydrogens (tertiary/aromatic N) is 2. The van der Waals surface area contributed by atoms with E-state index in [1.54, 1.807) is 6.07 Å². The number of hydrogen-bond donors (Lipinski definition) is 2. The van der Waals surface area contributed by atoms with Crippen molar-refractivity contribution in [1.29, 1.82) is 0 Å². The predicted molar refractivity (Wildman–Crippen MR) is 94.0 cm³/mol. The van der Waals surface area contributed by atoms with Gasteiger partial charge in [0.2, 0.25) is 0 Å². The number of aromatic nitrogens is 2. The highest BCUT2D eigenvalue weighted by Gasteiger charge is 2.33. The lowest BCUT2D eigenvalue weighted by Crippen LogP contribution is -2.35. The Morgan fingerprint density at radius 3 is 2.62 bits per heavy atom. The van der Waals surface area contributed by atoms with E-state index in [4.69, 9.17) is 11.6 Å². The van der Waals surface area contributed by atoms with Gasteiger partial charge in [0.1, 0.15) is 10.8 Å². The van der Waals surface area contributed by atoms with E-state index < -0.39 is 17.5 Å². The van der Waals surface area contributed by atoms with Gasteiger partial charge in [-0.15, -0.1) is 0 Å². The Bertz CT molecular complexity index is 785. The van der Waals surface area contributed by atoms with E-state index in [0.717, 1.165) is 18.9 Å². The molecular weight excluding hydrogens is 367 g/mol. The lowest BCUT2D eigenvalue weighted by atomic mass is 9.83. The molecule has 0 amide bonds. The molecule has 2 heterocycles. The van der Waals surface area contributed by atoms with Gasteiger partial charge in [-0.05, 0) is 50.8 Å². The topological polar surface area (TPSA) is 58.0 Å². The van der Waals surface area contributed by atoms with Gasteiger partial charge in [0, 0.05) is 23.5 Å². The maximum atomic E-state index is 13.0. The summed E-state index contributed by atoms with van der Waals surface area (Å²) < 4.78 is 38.9. The van der Waals surface area contributed by atoms with Gasteiger partial charge in [-0.2, -0.15) is 13.2 Å². The third-order valence-electron chi connectivity index (χ3n) is 4.61. The Hall–Kier alpha value is -1.86. The van der Waals surface area contributed by atoms with E-state index in [0.29, 0.717) is 24.1 Å². The first-order chi connectivity index (χ1) is 12.1. The Labute approximate surface area is 154 Å². The highest BCUT2D eigenvalue weighted by molar-refractivity contribution is 6.29. The lowest BCUT2D eigenvalue weighted by molar-refractivity contribution is -0.141. The van der Waals surface area contributed by atoms with Gasteiger partial charge < -0.3 is 10.4 Å². The zero-order chi connectivity index (χ0) is 18.9. The fraction of sp³-hybridized carbons (Fsp3) is 0.444. The Balaban J connectivity index is 1.90. The van der Waals surface area contributed by atoms with E-state index in [1.165, 1.54) is 18.3 Å². The Morgan fingerprint density at radius 2 is 1.96 bits per heavy atom. The molecule has 1 aliphatic rings. The standard InChI is InChI=1S/C18H19ClF3N3O/c1-17(26)7-5-11(6-8-17)24-14-9-16(19)23-10-12(14)13-3-2-4-15(25-13)18(20,21)22/h2-4,9-11,26H,5-8H2,1H3,(H,23,24). The smallest absolute Gasteiger partial charge is 0.390 e. The van der Waals surface area contributed by atoms with E-state index in [9.17, 15) is 18.3 Å². The van der Waals surface area contributed by atoms with Crippen LogP contribution in [-0.2, 0) is 6.18 Å². The molecule has 2 aromatic heterocycles. The lowest BCUT2D eigenvalue weighted by Gasteiger charge is -2.34. The van der Waals surface area contributed by atoms with Crippen molar-refractivity contribution in [2.75, 3.05) is 5.32 Å². The van der Waals surface area contributed by atoms with Crippen LogP contribution in [0.3, 0.4) is 0 Å². The zero-order valence-electron chi connectivity index (χ0n) is 14.1. The molecule has 1 aliphatic carbocycles. The maximum Gasteiger partial charge on any atom is 0.433 e. The van der Waals surface area contributed by atoms with Gasteiger partial charge in [0.15, 0.2) is 0 Å². The third kappa shape index (κ3) is 4.45. The summed E-state index contributed by atoms with van der Waals surface area (Å²) >= 11 is 5.98. The SMILES string of the molecule is CC1(O)CCC(Nc2cc(Cl)ncc2-c2cccc(C(F)(F)F)n2)CC1. The number of rotatable bonds is 3. The van der Waals surface area contributed by atoms with Crippen LogP contribution in [0.25, 0.3) is 11.3 Å². The third-order valence-corrected chi connectivity index (χ3v) is 4.82. The molecule has 0 saturated heterocycles. The highest BCUT2D eigenvalue weighted by Crippen LogP contribution is 2.35. The molecule has 0 aromatic carbocycles. The van der Waals surface area contributed by atoms with Crippen LogP contribution in [0.1, 0.15) is 38.3 Å². The molecular formula is C18H19ClF3N3O. The fourth-order valence-electron chi connectivity index (χ4n) is 3.10. The second kappa shape index (κ2) is 7.04. The number of alkyl halides is 3. The van der Waals surface area contributed by atoms with Crippen LogP contribution in [0, 0.1) is 0 Å². The summed E-state index contributed by atoms with van der Waals surface area (Å²) in [4.78, 5) is 7.72. The van der Waals surface area contributed by atoms with Crippen LogP contribution in [0.4, 0.5) is 18.9 Å². The summed E-state index contributed by atoms with van der Waals surface area (Å²) in [5, 5.41) is 13.6. The largest absolute Gasteiger partial charge is 0.433 e. The molecule has 2 aromatic rings. The van der Waals surface area contributed by atoms with Crippen molar-refractivity contribution in [2.24, 2.45) is 0 Å². The number of pyridine rings is 2. The fourth-order valence-corrected chi connectivity index (χ4v) is 3.26. The predicted octanol–water partition coefficient (Wildman–Crippen LogP) is 4.92. The molecule has 0 bridgehead atoms. The molecule has 1 fully saturated rings. The monoisotopic (exact) mass is 385 g/mol. The number of nitrogens with one attached hydrogen (secondary N) is 1. The minimum absolute atomic E-state index is 0.0956. The van der Waals surface area contributed by atoms with Crippen LogP contribution in [0.15, 0.2) is 30.5 Å². The molecule has 0 aliphatic heterocycles. The number of hydrogen-bond acceptors (Lipinski definition) is 4. The summed E-state index contributed by atoms with van der Waals surface area (Å²) in [7, 11) is 0. The maximum absolute atomic E-state index is 13.0. The first kappa shape index (κ1) is 18.9. The van der Waals surface area contributed by atoms with Crippen LogP contribution in [-0.4, -0.2) is 26.7 Å². The van der Waals surface area contributed by atoms with Gasteiger partial charge in [-0.1, -0.05) is 17.7 Å². The van der Waals surface area contributed by atoms with Crippen molar-refractivity contribution in [3.63, 3.8) is 0 Å². The van der Waals surface area contributed by atoms with Crippen molar-refractivity contribution in [3.8, 4) is 11.3 Å². The van der Waals surface area contributed by atoms with Gasteiger partial charge in [-0.3, -0.25) is 0 Å². The number of anilines is 1. The van der Waals surface area contributed by atoms with Gasteiger partial charge in [0.05, 0.1) is 11.3 Å².